The van der Waals surface area contributed by atoms with Crippen molar-refractivity contribution >= 4 is 21.2 Å². The van der Waals surface area contributed by atoms with Gasteiger partial charge in [-0.2, -0.15) is 0 Å². The highest BCUT2D eigenvalue weighted by molar-refractivity contribution is 7.91. The molecule has 0 spiro atoms. The fourth-order valence-electron chi connectivity index (χ4n) is 2.60. The Balaban J connectivity index is 2.08. The molecule has 1 heterocycles. The summed E-state index contributed by atoms with van der Waals surface area (Å²) in [5, 5.41) is 1.21. The van der Waals surface area contributed by atoms with Crippen LogP contribution in [0.4, 0.5) is 0 Å². The molecule has 0 fully saturated rings. The van der Waals surface area contributed by atoms with E-state index in [0.717, 1.165) is 25.7 Å². The van der Waals surface area contributed by atoms with Gasteiger partial charge in [0, 0.05) is 23.2 Å². The van der Waals surface area contributed by atoms with Gasteiger partial charge >= 0.3 is 0 Å². The molecule has 2 rings (SSSR count). The van der Waals surface area contributed by atoms with Crippen LogP contribution >= 0.6 is 11.3 Å². The predicted molar refractivity (Wildman–Crippen MR) is 84.1 cm³/mol. The number of hydrogen-bond acceptors (Lipinski definition) is 5. The Morgan fingerprint density at radius 1 is 1.40 bits per heavy atom. The summed E-state index contributed by atoms with van der Waals surface area (Å²) in [4.78, 5) is 8.26. The molecule has 0 amide bonds. The van der Waals surface area contributed by atoms with Crippen molar-refractivity contribution in [2.75, 3.05) is 25.1 Å². The molecule has 0 aromatic carbocycles. The van der Waals surface area contributed by atoms with Crippen LogP contribution in [0.5, 0.6) is 0 Å². The van der Waals surface area contributed by atoms with Crippen LogP contribution in [0, 0.1) is 0 Å². The first kappa shape index (κ1) is 15.9. The van der Waals surface area contributed by atoms with Crippen LogP contribution in [0.25, 0.3) is 0 Å². The summed E-state index contributed by atoms with van der Waals surface area (Å²) >= 11 is 1.81. The average molecular weight is 316 g/mol. The third-order valence-corrected chi connectivity index (χ3v) is 7.02. The minimum atomic E-state index is -2.88. The van der Waals surface area contributed by atoms with Crippen molar-refractivity contribution in [3.05, 3.63) is 15.6 Å². The van der Waals surface area contributed by atoms with E-state index in [-0.39, 0.29) is 11.5 Å². The second-order valence-corrected chi connectivity index (χ2v) is 8.99. The molecule has 0 unspecified atom stereocenters. The molecule has 1 atom stereocenters. The molecule has 0 radical (unpaired) electrons. The average Bonchev–Trinajstić information content (AvgIpc) is 2.87. The first-order chi connectivity index (χ1) is 9.46. The molecular formula is C14H24N2O2S2. The van der Waals surface area contributed by atoms with Crippen molar-refractivity contribution in [2.45, 2.75) is 45.6 Å². The van der Waals surface area contributed by atoms with Gasteiger partial charge in [-0.05, 0) is 32.7 Å². The second-order valence-electron chi connectivity index (χ2n) is 5.40. The number of aromatic nitrogens is 1. The third kappa shape index (κ3) is 3.59. The van der Waals surface area contributed by atoms with Gasteiger partial charge in [0.1, 0.15) is 0 Å². The highest BCUT2D eigenvalue weighted by atomic mass is 32.2. The van der Waals surface area contributed by atoms with E-state index in [2.05, 4.69) is 11.8 Å². The van der Waals surface area contributed by atoms with Gasteiger partial charge in [-0.1, -0.05) is 13.8 Å². The summed E-state index contributed by atoms with van der Waals surface area (Å²) in [5.74, 6) is 0.489. The minimum absolute atomic E-state index is 0.233. The maximum absolute atomic E-state index is 11.6. The van der Waals surface area contributed by atoms with Gasteiger partial charge in [-0.3, -0.25) is 4.90 Å². The molecule has 1 aromatic heterocycles. The lowest BCUT2D eigenvalue weighted by molar-refractivity contribution is 0.236. The first-order valence-electron chi connectivity index (χ1n) is 7.36. The standard InChI is InChI=1S/C14H24N2O2S2/c1-4-13-15-11-7-6-8-12(14(11)19-13)16(3)9-10-20(17,18)5-2/h12H,4-10H2,1-3H3/t12-/m1/s1. The summed E-state index contributed by atoms with van der Waals surface area (Å²) in [5.41, 5.74) is 1.24. The normalized spacial score (nSPS) is 19.3. The van der Waals surface area contributed by atoms with Gasteiger partial charge in [-0.15, -0.1) is 11.3 Å². The molecule has 6 heteroatoms. The van der Waals surface area contributed by atoms with Crippen molar-refractivity contribution in [3.63, 3.8) is 0 Å². The summed E-state index contributed by atoms with van der Waals surface area (Å²) in [7, 11) is -0.846. The molecule has 0 N–H and O–H groups in total. The number of fused-ring (bicyclic) bond motifs is 1. The largest absolute Gasteiger partial charge is 0.297 e. The monoisotopic (exact) mass is 316 g/mol. The van der Waals surface area contributed by atoms with Gasteiger partial charge in [0.05, 0.1) is 16.5 Å². The van der Waals surface area contributed by atoms with Crippen molar-refractivity contribution in [1.29, 1.82) is 0 Å². The zero-order valence-corrected chi connectivity index (χ0v) is 14.2. The summed E-state index contributed by atoms with van der Waals surface area (Å²) < 4.78 is 23.3. The van der Waals surface area contributed by atoms with Crippen LogP contribution in [0.15, 0.2) is 0 Å². The van der Waals surface area contributed by atoms with Crippen molar-refractivity contribution in [3.8, 4) is 0 Å². The zero-order valence-electron chi connectivity index (χ0n) is 12.6. The van der Waals surface area contributed by atoms with Gasteiger partial charge in [0.2, 0.25) is 0 Å². The number of rotatable bonds is 6. The van der Waals surface area contributed by atoms with Crippen LogP contribution in [-0.4, -0.2) is 43.4 Å². The van der Waals surface area contributed by atoms with Gasteiger partial charge in [0.15, 0.2) is 9.84 Å². The quantitative estimate of drug-likeness (QED) is 0.809. The Bertz CT molecular complexity index is 552. The van der Waals surface area contributed by atoms with Gasteiger partial charge < -0.3 is 0 Å². The second kappa shape index (κ2) is 6.54. The molecule has 1 aliphatic carbocycles. The molecule has 114 valence electrons. The molecule has 20 heavy (non-hydrogen) atoms. The van der Waals surface area contributed by atoms with Crippen molar-refractivity contribution in [1.82, 2.24) is 9.88 Å². The van der Waals surface area contributed by atoms with Gasteiger partial charge in [-0.25, -0.2) is 13.4 Å². The fraction of sp³-hybridized carbons (Fsp3) is 0.786. The van der Waals surface area contributed by atoms with E-state index in [4.69, 9.17) is 4.98 Å². The Labute approximate surface area is 126 Å². The van der Waals surface area contributed by atoms with Gasteiger partial charge in [0.25, 0.3) is 0 Å². The van der Waals surface area contributed by atoms with E-state index in [1.165, 1.54) is 15.6 Å². The molecule has 0 saturated carbocycles. The van der Waals surface area contributed by atoms with Crippen LogP contribution in [0.3, 0.4) is 0 Å². The topological polar surface area (TPSA) is 50.3 Å². The smallest absolute Gasteiger partial charge is 0.151 e. The van der Waals surface area contributed by atoms with E-state index >= 15 is 0 Å². The molecule has 0 saturated heterocycles. The number of thiazole rings is 1. The lowest BCUT2D eigenvalue weighted by Gasteiger charge is -2.30. The number of hydrogen-bond donors (Lipinski definition) is 0. The zero-order chi connectivity index (χ0) is 14.8. The van der Waals surface area contributed by atoms with Crippen molar-refractivity contribution < 1.29 is 8.42 Å². The highest BCUT2D eigenvalue weighted by Crippen LogP contribution is 2.37. The Hall–Kier alpha value is -0.460. The lowest BCUT2D eigenvalue weighted by Crippen LogP contribution is -2.31. The summed E-state index contributed by atoms with van der Waals surface area (Å²) in [6, 6.07) is 0.351. The fourth-order valence-corrected chi connectivity index (χ4v) is 4.71. The number of nitrogens with zero attached hydrogens (tertiary/aromatic N) is 2. The molecule has 4 nitrogen and oxygen atoms in total. The molecular weight excluding hydrogens is 292 g/mol. The maximum Gasteiger partial charge on any atom is 0.151 e. The molecule has 0 bridgehead atoms. The number of sulfone groups is 1. The molecule has 1 aromatic rings. The Morgan fingerprint density at radius 3 is 2.80 bits per heavy atom. The summed E-state index contributed by atoms with van der Waals surface area (Å²) in [6.45, 7) is 4.46. The first-order valence-corrected chi connectivity index (χ1v) is 9.99. The Morgan fingerprint density at radius 2 is 2.15 bits per heavy atom. The van der Waals surface area contributed by atoms with Crippen LogP contribution in [-0.2, 0) is 22.7 Å². The van der Waals surface area contributed by atoms with E-state index in [0.29, 0.717) is 12.6 Å². The number of aryl methyl sites for hydroxylation is 2. The van der Waals surface area contributed by atoms with E-state index in [1.807, 2.05) is 18.4 Å². The molecule has 0 aliphatic heterocycles. The van der Waals surface area contributed by atoms with Crippen LogP contribution in [0.1, 0.15) is 48.3 Å². The van der Waals surface area contributed by atoms with E-state index in [9.17, 15) is 8.42 Å². The predicted octanol–water partition coefficient (Wildman–Crippen LogP) is 2.45. The SMILES string of the molecule is CCc1nc2c(s1)[C@H](N(C)CCS(=O)(=O)CC)CCC2. The minimum Gasteiger partial charge on any atom is -0.297 e. The Kier molecular flexibility index (Phi) is 5.20. The highest BCUT2D eigenvalue weighted by Gasteiger charge is 2.27. The molecule has 1 aliphatic rings. The van der Waals surface area contributed by atoms with E-state index < -0.39 is 9.84 Å². The summed E-state index contributed by atoms with van der Waals surface area (Å²) in [6.07, 6.45) is 4.32. The van der Waals surface area contributed by atoms with Crippen LogP contribution in [0.2, 0.25) is 0 Å². The lowest BCUT2D eigenvalue weighted by atomic mass is 9.97. The van der Waals surface area contributed by atoms with E-state index in [1.54, 1.807) is 6.92 Å². The third-order valence-electron chi connectivity index (χ3n) is 3.99. The maximum atomic E-state index is 11.6. The van der Waals surface area contributed by atoms with Crippen molar-refractivity contribution in [2.24, 2.45) is 0 Å². The van der Waals surface area contributed by atoms with Crippen LogP contribution < -0.4 is 0 Å².